The van der Waals surface area contributed by atoms with Gasteiger partial charge in [-0.1, -0.05) is 0 Å². The molecule has 1 aromatic heterocycles. The largest absolute Gasteiger partial charge is 0.347 e. The fraction of sp³-hybridized carbons (Fsp3) is 0.429. The molecule has 1 aliphatic heterocycles. The molecule has 2 aromatic rings. The van der Waals surface area contributed by atoms with Gasteiger partial charge in [0.1, 0.15) is 0 Å². The van der Waals surface area contributed by atoms with Gasteiger partial charge in [-0.15, -0.1) is 0 Å². The fourth-order valence-electron chi connectivity index (χ4n) is 2.78. The van der Waals surface area contributed by atoms with Crippen LogP contribution in [0.1, 0.15) is 12.8 Å². The van der Waals surface area contributed by atoms with Gasteiger partial charge in [-0.05, 0) is 44.0 Å². The van der Waals surface area contributed by atoms with Crippen molar-refractivity contribution in [3.05, 3.63) is 40.6 Å². The highest BCUT2D eigenvalue weighted by Gasteiger charge is 2.15. The van der Waals surface area contributed by atoms with Crippen LogP contribution in [0.2, 0.25) is 0 Å². The highest BCUT2D eigenvalue weighted by Crippen LogP contribution is 2.23. The van der Waals surface area contributed by atoms with Crippen molar-refractivity contribution in [2.24, 2.45) is 5.92 Å². The monoisotopic (exact) mass is 259 g/mol. The maximum atomic E-state index is 10.7. The van der Waals surface area contributed by atoms with Crippen molar-refractivity contribution in [2.45, 2.75) is 19.4 Å². The van der Waals surface area contributed by atoms with Crippen LogP contribution in [0.3, 0.4) is 0 Å². The summed E-state index contributed by atoms with van der Waals surface area (Å²) >= 11 is 0. The minimum atomic E-state index is -0.346. The summed E-state index contributed by atoms with van der Waals surface area (Å²) in [5.74, 6) is 0.760. The quantitative estimate of drug-likeness (QED) is 0.678. The molecule has 1 fully saturated rings. The van der Waals surface area contributed by atoms with E-state index in [1.807, 2.05) is 18.3 Å². The van der Waals surface area contributed by atoms with Crippen molar-refractivity contribution in [3.8, 4) is 0 Å². The minimum absolute atomic E-state index is 0.158. The molecule has 2 heterocycles. The van der Waals surface area contributed by atoms with Crippen molar-refractivity contribution in [1.82, 2.24) is 9.88 Å². The lowest BCUT2D eigenvalue weighted by Gasteiger charge is -2.10. The van der Waals surface area contributed by atoms with Crippen molar-refractivity contribution in [2.75, 3.05) is 13.1 Å². The van der Waals surface area contributed by atoms with Gasteiger partial charge in [-0.25, -0.2) is 0 Å². The number of aromatic nitrogens is 1. The topological polar surface area (TPSA) is 60.1 Å². The van der Waals surface area contributed by atoms with Crippen LogP contribution < -0.4 is 5.32 Å². The predicted octanol–water partition coefficient (Wildman–Crippen LogP) is 2.55. The number of fused-ring (bicyclic) bond motifs is 1. The Labute approximate surface area is 111 Å². The molecule has 0 saturated carbocycles. The molecule has 1 aromatic carbocycles. The van der Waals surface area contributed by atoms with E-state index in [1.165, 1.54) is 6.42 Å². The Morgan fingerprint density at radius 1 is 1.42 bits per heavy atom. The maximum Gasteiger partial charge on any atom is 0.270 e. The lowest BCUT2D eigenvalue weighted by molar-refractivity contribution is -0.384. The normalized spacial score (nSPS) is 19.1. The Balaban J connectivity index is 1.78. The van der Waals surface area contributed by atoms with E-state index < -0.39 is 0 Å². The molecule has 5 nitrogen and oxygen atoms in total. The number of aryl methyl sites for hydroxylation is 1. The van der Waals surface area contributed by atoms with Gasteiger partial charge in [0.25, 0.3) is 5.69 Å². The number of nitrogens with one attached hydrogen (secondary N) is 1. The molecule has 0 aliphatic carbocycles. The molecule has 0 radical (unpaired) electrons. The molecular formula is C14H17N3O2. The minimum Gasteiger partial charge on any atom is -0.347 e. The maximum absolute atomic E-state index is 10.7. The van der Waals surface area contributed by atoms with Crippen molar-refractivity contribution < 1.29 is 4.92 Å². The highest BCUT2D eigenvalue weighted by atomic mass is 16.6. The van der Waals surface area contributed by atoms with Gasteiger partial charge in [0, 0.05) is 35.8 Å². The van der Waals surface area contributed by atoms with Crippen molar-refractivity contribution >= 4 is 16.6 Å². The van der Waals surface area contributed by atoms with Crippen LogP contribution in [0.4, 0.5) is 5.69 Å². The Hall–Kier alpha value is -1.88. The molecule has 0 amide bonds. The number of hydrogen-bond acceptors (Lipinski definition) is 3. The van der Waals surface area contributed by atoms with Gasteiger partial charge < -0.3 is 9.88 Å². The molecule has 1 aliphatic rings. The molecule has 1 atom stereocenters. The zero-order valence-electron chi connectivity index (χ0n) is 10.7. The summed E-state index contributed by atoms with van der Waals surface area (Å²) in [6.45, 7) is 3.22. The SMILES string of the molecule is O=[N+]([O-])c1ccc2c(ccn2CCC2CCNC2)c1. The fourth-order valence-corrected chi connectivity index (χ4v) is 2.78. The van der Waals surface area contributed by atoms with Crippen LogP contribution in [-0.4, -0.2) is 22.6 Å². The number of nitrogens with zero attached hydrogens (tertiary/aromatic N) is 2. The molecule has 0 spiro atoms. The summed E-state index contributed by atoms with van der Waals surface area (Å²) in [5, 5.41) is 15.1. The van der Waals surface area contributed by atoms with Gasteiger partial charge in [0.15, 0.2) is 0 Å². The van der Waals surface area contributed by atoms with Gasteiger partial charge in [0.2, 0.25) is 0 Å². The Bertz CT molecular complexity index is 600. The van der Waals surface area contributed by atoms with Gasteiger partial charge >= 0.3 is 0 Å². The number of benzene rings is 1. The first kappa shape index (κ1) is 12.2. The van der Waals surface area contributed by atoms with E-state index in [9.17, 15) is 10.1 Å². The van der Waals surface area contributed by atoms with Crippen LogP contribution in [0, 0.1) is 16.0 Å². The van der Waals surface area contributed by atoms with E-state index in [0.717, 1.165) is 42.9 Å². The first-order valence-electron chi connectivity index (χ1n) is 6.68. The first-order valence-corrected chi connectivity index (χ1v) is 6.68. The van der Waals surface area contributed by atoms with Crippen molar-refractivity contribution in [1.29, 1.82) is 0 Å². The summed E-state index contributed by atoms with van der Waals surface area (Å²) in [6, 6.07) is 7.02. The first-order chi connectivity index (χ1) is 9.24. The summed E-state index contributed by atoms with van der Waals surface area (Å²) in [5.41, 5.74) is 1.24. The number of rotatable bonds is 4. The zero-order valence-corrected chi connectivity index (χ0v) is 10.7. The van der Waals surface area contributed by atoms with Gasteiger partial charge in [-0.2, -0.15) is 0 Å². The molecule has 1 saturated heterocycles. The number of hydrogen-bond donors (Lipinski definition) is 1. The summed E-state index contributed by atoms with van der Waals surface area (Å²) in [6.07, 6.45) is 4.44. The number of nitro benzene ring substituents is 1. The van der Waals surface area contributed by atoms with E-state index >= 15 is 0 Å². The van der Waals surface area contributed by atoms with Crippen LogP contribution in [0.25, 0.3) is 10.9 Å². The average molecular weight is 259 g/mol. The lowest BCUT2D eigenvalue weighted by atomic mass is 10.1. The Morgan fingerprint density at radius 2 is 2.32 bits per heavy atom. The smallest absolute Gasteiger partial charge is 0.270 e. The molecule has 19 heavy (non-hydrogen) atoms. The second-order valence-corrected chi connectivity index (χ2v) is 5.16. The molecule has 3 rings (SSSR count). The van der Waals surface area contributed by atoms with Crippen LogP contribution in [0.5, 0.6) is 0 Å². The third kappa shape index (κ3) is 2.46. The second kappa shape index (κ2) is 5.01. The second-order valence-electron chi connectivity index (χ2n) is 5.16. The van der Waals surface area contributed by atoms with Crippen molar-refractivity contribution in [3.63, 3.8) is 0 Å². The molecule has 1 unspecified atom stereocenters. The molecule has 1 N–H and O–H groups in total. The molecule has 100 valence electrons. The molecular weight excluding hydrogens is 242 g/mol. The standard InChI is InChI=1S/C14H17N3O2/c18-17(19)13-1-2-14-12(9-13)5-8-16(14)7-4-11-3-6-15-10-11/h1-2,5,8-9,11,15H,3-4,6-7,10H2. The van der Waals surface area contributed by atoms with E-state index in [1.54, 1.807) is 12.1 Å². The van der Waals surface area contributed by atoms with Gasteiger partial charge in [-0.3, -0.25) is 10.1 Å². The van der Waals surface area contributed by atoms with E-state index in [-0.39, 0.29) is 10.6 Å². The predicted molar refractivity (Wildman–Crippen MR) is 74.2 cm³/mol. The summed E-state index contributed by atoms with van der Waals surface area (Å²) in [7, 11) is 0. The zero-order chi connectivity index (χ0) is 13.2. The van der Waals surface area contributed by atoms with E-state index in [2.05, 4.69) is 9.88 Å². The number of nitro groups is 1. The Morgan fingerprint density at radius 3 is 3.05 bits per heavy atom. The van der Waals surface area contributed by atoms with Gasteiger partial charge in [0.05, 0.1) is 4.92 Å². The molecule has 0 bridgehead atoms. The third-order valence-corrected chi connectivity index (χ3v) is 3.91. The number of non-ortho nitro benzene ring substituents is 1. The highest BCUT2D eigenvalue weighted by molar-refractivity contribution is 5.82. The lowest BCUT2D eigenvalue weighted by Crippen LogP contribution is -2.10. The molecule has 5 heteroatoms. The van der Waals surface area contributed by atoms with E-state index in [4.69, 9.17) is 0 Å². The summed E-state index contributed by atoms with van der Waals surface area (Å²) < 4.78 is 2.19. The summed E-state index contributed by atoms with van der Waals surface area (Å²) in [4.78, 5) is 10.4. The van der Waals surface area contributed by atoms with Crippen LogP contribution in [-0.2, 0) is 6.54 Å². The Kier molecular flexibility index (Phi) is 3.21. The van der Waals surface area contributed by atoms with Crippen LogP contribution >= 0.6 is 0 Å². The third-order valence-electron chi connectivity index (χ3n) is 3.91. The van der Waals surface area contributed by atoms with E-state index in [0.29, 0.717) is 0 Å². The average Bonchev–Trinajstić information content (AvgIpc) is 3.05. The van der Waals surface area contributed by atoms with Crippen LogP contribution in [0.15, 0.2) is 30.5 Å².